The number of aryl methyl sites for hydroxylation is 1. The third kappa shape index (κ3) is 4.58. The van der Waals surface area contributed by atoms with Crippen LogP contribution < -0.4 is 0 Å². The molecule has 3 nitrogen and oxygen atoms in total. The number of aromatic nitrogens is 2. The molecule has 5 heteroatoms. The average molecular weight is 377 g/mol. The fourth-order valence-electron chi connectivity index (χ4n) is 3.05. The second kappa shape index (κ2) is 9.18. The lowest BCUT2D eigenvalue weighted by atomic mass is 10.0. The van der Waals surface area contributed by atoms with E-state index in [1.54, 1.807) is 12.4 Å². The SMILES string of the molecule is CCCCCCc1ccc(-c2cnc(-c3cc(F)c(C#N)c(F)c3)nc2)cc1. The summed E-state index contributed by atoms with van der Waals surface area (Å²) in [6.07, 6.45) is 9.29. The molecule has 0 aliphatic carbocycles. The van der Waals surface area contributed by atoms with E-state index in [1.807, 2.05) is 12.1 Å². The zero-order valence-electron chi connectivity index (χ0n) is 15.8. The zero-order valence-corrected chi connectivity index (χ0v) is 15.8. The summed E-state index contributed by atoms with van der Waals surface area (Å²) in [7, 11) is 0. The van der Waals surface area contributed by atoms with E-state index < -0.39 is 17.2 Å². The van der Waals surface area contributed by atoms with Crippen LogP contribution >= 0.6 is 0 Å². The summed E-state index contributed by atoms with van der Waals surface area (Å²) in [5.41, 5.74) is 2.72. The molecular weight excluding hydrogens is 356 g/mol. The van der Waals surface area contributed by atoms with Crippen LogP contribution in [-0.4, -0.2) is 9.97 Å². The molecule has 0 aliphatic rings. The third-order valence-corrected chi connectivity index (χ3v) is 4.67. The summed E-state index contributed by atoms with van der Waals surface area (Å²) in [6.45, 7) is 2.20. The number of hydrogen-bond donors (Lipinski definition) is 0. The highest BCUT2D eigenvalue weighted by Crippen LogP contribution is 2.24. The van der Waals surface area contributed by atoms with Gasteiger partial charge in [-0.05, 0) is 36.1 Å². The highest BCUT2D eigenvalue weighted by atomic mass is 19.1. The molecule has 0 fully saturated rings. The van der Waals surface area contributed by atoms with E-state index in [0.717, 1.165) is 29.7 Å². The standard InChI is InChI=1S/C23H21F2N3/c1-2-3-4-5-6-16-7-9-17(10-8-16)19-14-27-23(28-15-19)18-11-21(24)20(13-26)22(25)12-18/h7-12,14-15H,2-6H2,1H3. The van der Waals surface area contributed by atoms with Gasteiger partial charge in [-0.15, -0.1) is 0 Å². The third-order valence-electron chi connectivity index (χ3n) is 4.67. The maximum atomic E-state index is 13.8. The highest BCUT2D eigenvalue weighted by molar-refractivity contribution is 5.64. The van der Waals surface area contributed by atoms with Crippen LogP contribution in [0, 0.1) is 23.0 Å². The minimum absolute atomic E-state index is 0.197. The molecule has 0 spiro atoms. The quantitative estimate of drug-likeness (QED) is 0.469. The van der Waals surface area contributed by atoms with Crippen molar-refractivity contribution in [3.8, 4) is 28.6 Å². The summed E-state index contributed by atoms with van der Waals surface area (Å²) in [5.74, 6) is -1.63. The van der Waals surface area contributed by atoms with Crippen molar-refractivity contribution in [1.82, 2.24) is 9.97 Å². The van der Waals surface area contributed by atoms with Crippen molar-refractivity contribution >= 4 is 0 Å². The van der Waals surface area contributed by atoms with Gasteiger partial charge in [-0.3, -0.25) is 0 Å². The summed E-state index contributed by atoms with van der Waals surface area (Å²) >= 11 is 0. The Morgan fingerprint density at radius 2 is 1.50 bits per heavy atom. The Balaban J connectivity index is 1.73. The van der Waals surface area contributed by atoms with Crippen LogP contribution in [0.1, 0.15) is 43.7 Å². The van der Waals surface area contributed by atoms with Crippen LogP contribution in [0.3, 0.4) is 0 Å². The van der Waals surface area contributed by atoms with Crippen LogP contribution in [0.5, 0.6) is 0 Å². The Kier molecular flexibility index (Phi) is 6.44. The smallest absolute Gasteiger partial charge is 0.159 e. The molecule has 0 saturated carbocycles. The molecule has 0 N–H and O–H groups in total. The van der Waals surface area contributed by atoms with Gasteiger partial charge in [-0.25, -0.2) is 18.7 Å². The summed E-state index contributed by atoms with van der Waals surface area (Å²) in [4.78, 5) is 8.46. The van der Waals surface area contributed by atoms with E-state index in [0.29, 0.717) is 0 Å². The molecule has 142 valence electrons. The van der Waals surface area contributed by atoms with Gasteiger partial charge in [0.25, 0.3) is 0 Å². The molecule has 3 aromatic rings. The summed E-state index contributed by atoms with van der Waals surface area (Å²) < 4.78 is 27.6. The fourth-order valence-corrected chi connectivity index (χ4v) is 3.05. The second-order valence-corrected chi connectivity index (χ2v) is 6.73. The average Bonchev–Trinajstić information content (AvgIpc) is 2.72. The first-order chi connectivity index (χ1) is 13.6. The molecule has 1 aromatic heterocycles. The first-order valence-electron chi connectivity index (χ1n) is 9.43. The number of hydrogen-bond acceptors (Lipinski definition) is 3. The monoisotopic (exact) mass is 377 g/mol. The maximum Gasteiger partial charge on any atom is 0.159 e. The van der Waals surface area contributed by atoms with Crippen molar-refractivity contribution in [2.75, 3.05) is 0 Å². The number of nitriles is 1. The van der Waals surface area contributed by atoms with E-state index in [9.17, 15) is 8.78 Å². The first kappa shape index (κ1) is 19.6. The normalized spacial score (nSPS) is 10.6. The van der Waals surface area contributed by atoms with Gasteiger partial charge in [0.2, 0.25) is 0 Å². The molecule has 3 rings (SSSR count). The van der Waals surface area contributed by atoms with Crippen molar-refractivity contribution in [3.05, 3.63) is 71.6 Å². The van der Waals surface area contributed by atoms with Gasteiger partial charge in [-0.2, -0.15) is 5.26 Å². The van der Waals surface area contributed by atoms with Gasteiger partial charge in [0.1, 0.15) is 23.3 Å². The van der Waals surface area contributed by atoms with Gasteiger partial charge >= 0.3 is 0 Å². The van der Waals surface area contributed by atoms with Crippen molar-refractivity contribution in [3.63, 3.8) is 0 Å². The van der Waals surface area contributed by atoms with Gasteiger partial charge in [-0.1, -0.05) is 50.5 Å². The Bertz CT molecular complexity index is 951. The van der Waals surface area contributed by atoms with Crippen LogP contribution in [0.2, 0.25) is 0 Å². The molecule has 0 unspecified atom stereocenters. The summed E-state index contributed by atoms with van der Waals surface area (Å²) in [5, 5.41) is 8.75. The minimum atomic E-state index is -0.917. The molecular formula is C23H21F2N3. The van der Waals surface area contributed by atoms with E-state index >= 15 is 0 Å². The van der Waals surface area contributed by atoms with Gasteiger partial charge in [0.05, 0.1) is 0 Å². The highest BCUT2D eigenvalue weighted by Gasteiger charge is 2.13. The van der Waals surface area contributed by atoms with Crippen LogP contribution in [0.4, 0.5) is 8.78 Å². The Hall–Kier alpha value is -3.13. The molecule has 0 amide bonds. The minimum Gasteiger partial charge on any atom is -0.236 e. The first-order valence-corrected chi connectivity index (χ1v) is 9.43. The van der Waals surface area contributed by atoms with E-state index in [1.165, 1.54) is 37.3 Å². The van der Waals surface area contributed by atoms with Crippen LogP contribution in [-0.2, 0) is 6.42 Å². The van der Waals surface area contributed by atoms with E-state index in [4.69, 9.17) is 5.26 Å². The second-order valence-electron chi connectivity index (χ2n) is 6.73. The lowest BCUT2D eigenvalue weighted by Gasteiger charge is -2.06. The van der Waals surface area contributed by atoms with Crippen LogP contribution in [0.25, 0.3) is 22.5 Å². The maximum absolute atomic E-state index is 13.8. The van der Waals surface area contributed by atoms with E-state index in [-0.39, 0.29) is 11.4 Å². The lowest BCUT2D eigenvalue weighted by molar-refractivity contribution is 0.577. The summed E-state index contributed by atoms with van der Waals surface area (Å²) in [6, 6.07) is 11.9. The molecule has 0 aliphatic heterocycles. The van der Waals surface area contributed by atoms with Gasteiger partial charge in [0, 0.05) is 23.5 Å². The Labute approximate surface area is 163 Å². The lowest BCUT2D eigenvalue weighted by Crippen LogP contribution is -1.95. The number of nitrogens with zero attached hydrogens (tertiary/aromatic N) is 3. The predicted molar refractivity (Wildman–Crippen MR) is 105 cm³/mol. The van der Waals surface area contributed by atoms with Crippen molar-refractivity contribution in [2.45, 2.75) is 39.0 Å². The van der Waals surface area contributed by atoms with Crippen molar-refractivity contribution in [1.29, 1.82) is 5.26 Å². The predicted octanol–water partition coefficient (Wildman–Crippen LogP) is 6.08. The molecule has 0 atom stereocenters. The Morgan fingerprint density at radius 1 is 0.857 bits per heavy atom. The number of rotatable bonds is 7. The molecule has 28 heavy (non-hydrogen) atoms. The molecule has 0 radical (unpaired) electrons. The van der Waals surface area contributed by atoms with Crippen molar-refractivity contribution < 1.29 is 8.78 Å². The van der Waals surface area contributed by atoms with Gasteiger partial charge in [0.15, 0.2) is 5.82 Å². The number of halogens is 2. The van der Waals surface area contributed by atoms with Gasteiger partial charge < -0.3 is 0 Å². The Morgan fingerprint density at radius 3 is 2.07 bits per heavy atom. The van der Waals surface area contributed by atoms with E-state index in [2.05, 4.69) is 29.0 Å². The molecule has 2 aromatic carbocycles. The molecule has 0 bridgehead atoms. The van der Waals surface area contributed by atoms with Crippen LogP contribution in [0.15, 0.2) is 48.8 Å². The van der Waals surface area contributed by atoms with Crippen molar-refractivity contribution in [2.24, 2.45) is 0 Å². The largest absolute Gasteiger partial charge is 0.236 e. The molecule has 0 saturated heterocycles. The number of benzene rings is 2. The zero-order chi connectivity index (χ0) is 19.9. The topological polar surface area (TPSA) is 49.6 Å². The molecule has 1 heterocycles. The fraction of sp³-hybridized carbons (Fsp3) is 0.261. The number of unbranched alkanes of at least 4 members (excludes halogenated alkanes) is 3.